The maximum Gasteiger partial charge on any atom is 0.167 e. The van der Waals surface area contributed by atoms with Gasteiger partial charge in [0.25, 0.3) is 0 Å². The molecule has 2 aliphatic rings. The molecule has 1 aromatic rings. The van der Waals surface area contributed by atoms with Crippen molar-refractivity contribution in [2.24, 2.45) is 13.0 Å². The fourth-order valence-corrected chi connectivity index (χ4v) is 2.74. The van der Waals surface area contributed by atoms with Gasteiger partial charge in [0.15, 0.2) is 5.82 Å². The molecule has 6 heteroatoms. The quantitative estimate of drug-likeness (QED) is 0.799. The SMILES string of the molecule is C[C@H](c1nnnn1C)N1CCC(OCC2CC2)CC1. The summed E-state index contributed by atoms with van der Waals surface area (Å²) < 4.78 is 7.74. The van der Waals surface area contributed by atoms with Crippen LogP contribution in [0.1, 0.15) is 44.5 Å². The Hall–Kier alpha value is -1.01. The smallest absolute Gasteiger partial charge is 0.167 e. The Bertz CT molecular complexity index is 409. The van der Waals surface area contributed by atoms with Gasteiger partial charge in [-0.1, -0.05) is 0 Å². The third kappa shape index (κ3) is 3.12. The number of aromatic nitrogens is 4. The topological polar surface area (TPSA) is 56.1 Å². The largest absolute Gasteiger partial charge is 0.378 e. The summed E-state index contributed by atoms with van der Waals surface area (Å²) in [5.41, 5.74) is 0. The van der Waals surface area contributed by atoms with Crippen LogP contribution >= 0.6 is 0 Å². The highest BCUT2D eigenvalue weighted by molar-refractivity contribution is 4.91. The number of tetrazole rings is 1. The zero-order valence-electron chi connectivity index (χ0n) is 11.8. The second-order valence-electron chi connectivity index (χ2n) is 5.85. The van der Waals surface area contributed by atoms with E-state index in [0.29, 0.717) is 6.10 Å². The monoisotopic (exact) mass is 265 g/mol. The predicted molar refractivity (Wildman–Crippen MR) is 70.5 cm³/mol. The second kappa shape index (κ2) is 5.54. The fraction of sp³-hybridized carbons (Fsp3) is 0.923. The molecule has 1 atom stereocenters. The van der Waals surface area contributed by atoms with Crippen molar-refractivity contribution in [1.29, 1.82) is 0 Å². The van der Waals surface area contributed by atoms with Crippen molar-refractivity contribution < 1.29 is 4.74 Å². The van der Waals surface area contributed by atoms with E-state index in [1.165, 1.54) is 12.8 Å². The third-order valence-corrected chi connectivity index (χ3v) is 4.32. The summed E-state index contributed by atoms with van der Waals surface area (Å²) in [4.78, 5) is 2.45. The van der Waals surface area contributed by atoms with Crippen molar-refractivity contribution in [1.82, 2.24) is 25.1 Å². The molecule has 3 rings (SSSR count). The highest BCUT2D eigenvalue weighted by atomic mass is 16.5. The van der Waals surface area contributed by atoms with Crippen LogP contribution in [-0.2, 0) is 11.8 Å². The number of nitrogens with zero attached hydrogens (tertiary/aromatic N) is 5. The molecule has 1 aliphatic heterocycles. The lowest BCUT2D eigenvalue weighted by molar-refractivity contribution is -0.00613. The van der Waals surface area contributed by atoms with Gasteiger partial charge in [0, 0.05) is 26.7 Å². The molecular formula is C13H23N5O. The van der Waals surface area contributed by atoms with E-state index in [1.54, 1.807) is 4.68 Å². The zero-order chi connectivity index (χ0) is 13.2. The van der Waals surface area contributed by atoms with E-state index in [-0.39, 0.29) is 6.04 Å². The van der Waals surface area contributed by atoms with Crippen LogP contribution in [0.5, 0.6) is 0 Å². The zero-order valence-corrected chi connectivity index (χ0v) is 11.8. The summed E-state index contributed by atoms with van der Waals surface area (Å²) in [6.07, 6.45) is 5.45. The first-order chi connectivity index (χ1) is 9.24. The molecule has 106 valence electrons. The average molecular weight is 265 g/mol. The highest BCUT2D eigenvalue weighted by Crippen LogP contribution is 2.30. The first kappa shape index (κ1) is 13.0. The summed E-state index contributed by atoms with van der Waals surface area (Å²) in [5.74, 6) is 1.80. The van der Waals surface area contributed by atoms with Crippen molar-refractivity contribution in [2.45, 2.75) is 44.8 Å². The van der Waals surface area contributed by atoms with Crippen molar-refractivity contribution in [3.63, 3.8) is 0 Å². The lowest BCUT2D eigenvalue weighted by atomic mass is 10.1. The van der Waals surface area contributed by atoms with E-state index < -0.39 is 0 Å². The van der Waals surface area contributed by atoms with Crippen LogP contribution in [-0.4, -0.2) is 50.9 Å². The average Bonchev–Trinajstić information content (AvgIpc) is 3.17. The molecule has 19 heavy (non-hydrogen) atoms. The Balaban J connectivity index is 1.47. The molecule has 1 aliphatic carbocycles. The fourth-order valence-electron chi connectivity index (χ4n) is 2.74. The van der Waals surface area contributed by atoms with Crippen LogP contribution in [0.3, 0.4) is 0 Å². The molecule has 1 saturated heterocycles. The van der Waals surface area contributed by atoms with Crippen molar-refractivity contribution in [2.75, 3.05) is 19.7 Å². The molecule has 0 aromatic carbocycles. The van der Waals surface area contributed by atoms with Crippen molar-refractivity contribution in [3.05, 3.63) is 5.82 Å². The minimum Gasteiger partial charge on any atom is -0.378 e. The Labute approximate surface area is 114 Å². The van der Waals surface area contributed by atoms with Crippen LogP contribution in [0.15, 0.2) is 0 Å². The van der Waals surface area contributed by atoms with E-state index in [9.17, 15) is 0 Å². The third-order valence-electron chi connectivity index (χ3n) is 4.32. The van der Waals surface area contributed by atoms with E-state index in [1.807, 2.05) is 7.05 Å². The normalized spacial score (nSPS) is 23.7. The first-order valence-corrected chi connectivity index (χ1v) is 7.32. The number of rotatable bonds is 5. The minimum absolute atomic E-state index is 0.282. The summed E-state index contributed by atoms with van der Waals surface area (Å²) in [5, 5.41) is 11.7. The molecule has 1 saturated carbocycles. The molecule has 2 fully saturated rings. The van der Waals surface area contributed by atoms with Gasteiger partial charge in [0.2, 0.25) is 0 Å². The summed E-state index contributed by atoms with van der Waals surface area (Å²) in [6.45, 7) is 5.30. The first-order valence-electron chi connectivity index (χ1n) is 7.32. The van der Waals surface area contributed by atoms with Crippen LogP contribution < -0.4 is 0 Å². The van der Waals surface area contributed by atoms with E-state index in [0.717, 1.165) is 44.3 Å². The molecular weight excluding hydrogens is 242 g/mol. The van der Waals surface area contributed by atoms with Gasteiger partial charge < -0.3 is 4.74 Å². The molecule has 0 amide bonds. The number of likely N-dealkylation sites (tertiary alicyclic amines) is 1. The molecule has 0 radical (unpaired) electrons. The van der Waals surface area contributed by atoms with Crippen molar-refractivity contribution in [3.8, 4) is 0 Å². The predicted octanol–water partition coefficient (Wildman–Crippen LogP) is 1.16. The van der Waals surface area contributed by atoms with E-state index in [4.69, 9.17) is 4.74 Å². The number of hydrogen-bond donors (Lipinski definition) is 0. The van der Waals surface area contributed by atoms with E-state index in [2.05, 4.69) is 27.3 Å². The van der Waals surface area contributed by atoms with Gasteiger partial charge >= 0.3 is 0 Å². The Kier molecular flexibility index (Phi) is 3.79. The summed E-state index contributed by atoms with van der Waals surface area (Å²) in [6, 6.07) is 0.282. The van der Waals surface area contributed by atoms with Crippen molar-refractivity contribution >= 4 is 0 Å². The lowest BCUT2D eigenvalue weighted by Crippen LogP contribution is -2.39. The Morgan fingerprint density at radius 1 is 1.26 bits per heavy atom. The molecule has 6 nitrogen and oxygen atoms in total. The number of piperidine rings is 1. The van der Waals surface area contributed by atoms with Crippen LogP contribution in [0.25, 0.3) is 0 Å². The van der Waals surface area contributed by atoms with Gasteiger partial charge in [-0.25, -0.2) is 4.68 Å². The second-order valence-corrected chi connectivity index (χ2v) is 5.85. The maximum atomic E-state index is 5.98. The number of ether oxygens (including phenoxy) is 1. The number of aryl methyl sites for hydroxylation is 1. The van der Waals surface area contributed by atoms with Gasteiger partial charge in [-0.15, -0.1) is 5.10 Å². The molecule has 0 N–H and O–H groups in total. The molecule has 0 unspecified atom stereocenters. The highest BCUT2D eigenvalue weighted by Gasteiger charge is 2.28. The Morgan fingerprint density at radius 3 is 2.58 bits per heavy atom. The standard InChI is InChI=1S/C13H23N5O/c1-10(13-14-15-16-17(13)2)18-7-5-12(6-8-18)19-9-11-3-4-11/h10-12H,3-9H2,1-2H3/t10-/m1/s1. The minimum atomic E-state index is 0.282. The maximum absolute atomic E-state index is 5.98. The molecule has 2 heterocycles. The van der Waals surface area contributed by atoms with Gasteiger partial charge in [0.05, 0.1) is 12.1 Å². The van der Waals surface area contributed by atoms with Crippen LogP contribution in [0.4, 0.5) is 0 Å². The summed E-state index contributed by atoms with van der Waals surface area (Å²) in [7, 11) is 1.90. The van der Waals surface area contributed by atoms with Crippen LogP contribution in [0.2, 0.25) is 0 Å². The Morgan fingerprint density at radius 2 is 2.00 bits per heavy atom. The molecule has 1 aromatic heterocycles. The van der Waals surface area contributed by atoms with Gasteiger partial charge in [-0.3, -0.25) is 4.90 Å². The van der Waals surface area contributed by atoms with Gasteiger partial charge in [-0.05, 0) is 49.0 Å². The lowest BCUT2D eigenvalue weighted by Gasteiger charge is -2.35. The van der Waals surface area contributed by atoms with Crippen LogP contribution in [0, 0.1) is 5.92 Å². The van der Waals surface area contributed by atoms with Gasteiger partial charge in [-0.2, -0.15) is 0 Å². The van der Waals surface area contributed by atoms with Gasteiger partial charge in [0.1, 0.15) is 0 Å². The number of hydrogen-bond acceptors (Lipinski definition) is 5. The molecule has 0 bridgehead atoms. The molecule has 0 spiro atoms. The van der Waals surface area contributed by atoms with E-state index >= 15 is 0 Å². The summed E-state index contributed by atoms with van der Waals surface area (Å²) >= 11 is 0.